The lowest BCUT2D eigenvalue weighted by molar-refractivity contribution is 0.270. The Hall–Kier alpha value is -0.140. The Kier molecular flexibility index (Phi) is 5.20. The van der Waals surface area contributed by atoms with Crippen LogP contribution in [0, 0.1) is 0 Å². The van der Waals surface area contributed by atoms with Crippen LogP contribution in [-0.2, 0) is 10.0 Å². The van der Waals surface area contributed by atoms with Crippen LogP contribution in [0.3, 0.4) is 0 Å². The number of hydrogen-bond acceptors (Lipinski definition) is 4. The highest BCUT2D eigenvalue weighted by atomic mass is 35.5. The molecule has 0 aliphatic carbocycles. The van der Waals surface area contributed by atoms with Gasteiger partial charge in [-0.05, 0) is 25.0 Å². The second-order valence-electron chi connectivity index (χ2n) is 3.30. The third-order valence-electron chi connectivity index (χ3n) is 2.11. The summed E-state index contributed by atoms with van der Waals surface area (Å²) in [7, 11) is -3.50. The molecule has 92 valence electrons. The maximum Gasteiger partial charge on any atom is 0.250 e. The molecule has 0 spiro atoms. The summed E-state index contributed by atoms with van der Waals surface area (Å²) in [5.41, 5.74) is 0. The van der Waals surface area contributed by atoms with Crippen molar-refractivity contribution in [1.29, 1.82) is 0 Å². The van der Waals surface area contributed by atoms with Crippen molar-refractivity contribution in [1.82, 2.24) is 4.72 Å². The summed E-state index contributed by atoms with van der Waals surface area (Å²) in [6.45, 7) is 1.83. The van der Waals surface area contributed by atoms with E-state index in [0.717, 1.165) is 11.3 Å². The zero-order valence-corrected chi connectivity index (χ0v) is 11.2. The van der Waals surface area contributed by atoms with Crippen molar-refractivity contribution in [3.8, 4) is 0 Å². The van der Waals surface area contributed by atoms with Crippen LogP contribution in [-0.4, -0.2) is 26.2 Å². The van der Waals surface area contributed by atoms with Crippen molar-refractivity contribution in [2.45, 2.75) is 30.0 Å². The molecule has 1 atom stereocenters. The summed E-state index contributed by atoms with van der Waals surface area (Å²) in [5.74, 6) is 0. The molecule has 16 heavy (non-hydrogen) atoms. The van der Waals surface area contributed by atoms with E-state index in [-0.39, 0.29) is 16.9 Å². The van der Waals surface area contributed by atoms with Crippen LogP contribution in [0.15, 0.2) is 16.3 Å². The first-order chi connectivity index (χ1) is 7.49. The Morgan fingerprint density at radius 2 is 2.25 bits per heavy atom. The average Bonchev–Trinajstić information content (AvgIpc) is 2.64. The highest BCUT2D eigenvalue weighted by Gasteiger charge is 2.20. The van der Waals surface area contributed by atoms with E-state index >= 15 is 0 Å². The van der Waals surface area contributed by atoms with Crippen LogP contribution < -0.4 is 4.72 Å². The molecule has 0 saturated heterocycles. The molecule has 0 fully saturated rings. The molecule has 7 heteroatoms. The van der Waals surface area contributed by atoms with Gasteiger partial charge in [0.25, 0.3) is 0 Å². The van der Waals surface area contributed by atoms with E-state index in [2.05, 4.69) is 4.72 Å². The number of rotatable bonds is 6. The first-order valence-corrected chi connectivity index (χ1v) is 7.56. The molecule has 1 heterocycles. The smallest absolute Gasteiger partial charge is 0.250 e. The van der Waals surface area contributed by atoms with Gasteiger partial charge >= 0.3 is 0 Å². The second kappa shape index (κ2) is 5.97. The predicted octanol–water partition coefficient (Wildman–Crippen LogP) is 1.84. The summed E-state index contributed by atoms with van der Waals surface area (Å²) in [6.07, 6.45) is 1.05. The largest absolute Gasteiger partial charge is 0.396 e. The van der Waals surface area contributed by atoms with Gasteiger partial charge in [-0.2, -0.15) is 0 Å². The topological polar surface area (TPSA) is 66.4 Å². The molecule has 1 unspecified atom stereocenters. The molecule has 0 aliphatic rings. The Labute approximate surface area is 104 Å². The fourth-order valence-corrected chi connectivity index (χ4v) is 4.07. The zero-order chi connectivity index (χ0) is 12.2. The van der Waals surface area contributed by atoms with Crippen LogP contribution in [0.5, 0.6) is 0 Å². The minimum Gasteiger partial charge on any atom is -0.396 e. The molecular weight excluding hydrogens is 270 g/mol. The summed E-state index contributed by atoms with van der Waals surface area (Å²) in [4.78, 5) is 0. The van der Waals surface area contributed by atoms with Crippen LogP contribution >= 0.6 is 22.9 Å². The third kappa shape index (κ3) is 3.71. The van der Waals surface area contributed by atoms with Crippen molar-refractivity contribution in [3.63, 3.8) is 0 Å². The number of nitrogens with one attached hydrogen (secondary N) is 1. The van der Waals surface area contributed by atoms with Crippen molar-refractivity contribution in [3.05, 3.63) is 16.5 Å². The average molecular weight is 284 g/mol. The normalized spacial score (nSPS) is 13.9. The Bertz CT molecular complexity index is 430. The molecule has 0 aliphatic heterocycles. The SMILES string of the molecule is CCC(CCO)NS(=O)(=O)c1ccc(Cl)s1. The molecule has 4 nitrogen and oxygen atoms in total. The summed E-state index contributed by atoms with van der Waals surface area (Å²) in [6, 6.07) is 2.78. The van der Waals surface area contributed by atoms with Gasteiger partial charge in [-0.15, -0.1) is 11.3 Å². The van der Waals surface area contributed by atoms with E-state index in [1.807, 2.05) is 6.92 Å². The molecule has 1 aromatic rings. The standard InChI is InChI=1S/C9H14ClNO3S2/c1-2-7(5-6-12)11-16(13,14)9-4-3-8(10)15-9/h3-4,7,11-12H,2,5-6H2,1H3. The molecule has 0 saturated carbocycles. The quantitative estimate of drug-likeness (QED) is 0.837. The second-order valence-corrected chi connectivity index (χ2v) is 6.95. The lowest BCUT2D eigenvalue weighted by Crippen LogP contribution is -2.34. The van der Waals surface area contributed by atoms with Gasteiger partial charge in [0.1, 0.15) is 4.21 Å². The molecule has 0 amide bonds. The first kappa shape index (κ1) is 13.9. The number of aliphatic hydroxyl groups is 1. The highest BCUT2D eigenvalue weighted by Crippen LogP contribution is 2.25. The molecule has 0 radical (unpaired) electrons. The van der Waals surface area contributed by atoms with Crippen molar-refractivity contribution >= 4 is 33.0 Å². The van der Waals surface area contributed by atoms with Gasteiger partial charge < -0.3 is 5.11 Å². The molecule has 1 rings (SSSR count). The summed E-state index contributed by atoms with van der Waals surface area (Å²) < 4.78 is 26.9. The number of thiophene rings is 1. The van der Waals surface area contributed by atoms with Crippen molar-refractivity contribution in [2.75, 3.05) is 6.61 Å². The van der Waals surface area contributed by atoms with E-state index < -0.39 is 10.0 Å². The molecule has 0 bridgehead atoms. The van der Waals surface area contributed by atoms with Crippen LogP contribution in [0.25, 0.3) is 0 Å². The van der Waals surface area contributed by atoms with E-state index in [1.165, 1.54) is 6.07 Å². The maximum absolute atomic E-state index is 11.8. The fraction of sp³-hybridized carbons (Fsp3) is 0.556. The van der Waals surface area contributed by atoms with E-state index in [0.29, 0.717) is 17.2 Å². The van der Waals surface area contributed by atoms with Crippen molar-refractivity contribution in [2.24, 2.45) is 0 Å². The molecular formula is C9H14ClNO3S2. The Morgan fingerprint density at radius 1 is 1.56 bits per heavy atom. The number of aliphatic hydroxyl groups excluding tert-OH is 1. The fourth-order valence-electron chi connectivity index (χ4n) is 1.22. The van der Waals surface area contributed by atoms with Crippen LogP contribution in [0.4, 0.5) is 0 Å². The monoisotopic (exact) mass is 283 g/mol. The Balaban J connectivity index is 2.78. The van der Waals surface area contributed by atoms with E-state index in [4.69, 9.17) is 16.7 Å². The van der Waals surface area contributed by atoms with E-state index in [1.54, 1.807) is 6.07 Å². The third-order valence-corrected chi connectivity index (χ3v) is 5.35. The van der Waals surface area contributed by atoms with Gasteiger partial charge in [-0.1, -0.05) is 18.5 Å². The minimum absolute atomic E-state index is 0.0355. The number of halogens is 1. The van der Waals surface area contributed by atoms with Gasteiger partial charge in [0, 0.05) is 12.6 Å². The molecule has 2 N–H and O–H groups in total. The zero-order valence-electron chi connectivity index (χ0n) is 8.81. The summed E-state index contributed by atoms with van der Waals surface area (Å²) in [5, 5.41) is 8.79. The minimum atomic E-state index is -3.50. The van der Waals surface area contributed by atoms with Gasteiger partial charge in [-0.3, -0.25) is 0 Å². The van der Waals surface area contributed by atoms with Crippen LogP contribution in [0.2, 0.25) is 4.34 Å². The number of hydrogen-bond donors (Lipinski definition) is 2. The highest BCUT2D eigenvalue weighted by molar-refractivity contribution is 7.91. The van der Waals surface area contributed by atoms with Gasteiger partial charge in [0.05, 0.1) is 4.34 Å². The maximum atomic E-state index is 11.8. The Morgan fingerprint density at radius 3 is 2.69 bits per heavy atom. The predicted molar refractivity (Wildman–Crippen MR) is 65.4 cm³/mol. The van der Waals surface area contributed by atoms with Crippen molar-refractivity contribution < 1.29 is 13.5 Å². The molecule has 0 aromatic carbocycles. The van der Waals surface area contributed by atoms with Gasteiger partial charge in [-0.25, -0.2) is 13.1 Å². The van der Waals surface area contributed by atoms with Gasteiger partial charge in [0.15, 0.2) is 0 Å². The lowest BCUT2D eigenvalue weighted by Gasteiger charge is -2.14. The number of sulfonamides is 1. The van der Waals surface area contributed by atoms with Gasteiger partial charge in [0.2, 0.25) is 10.0 Å². The lowest BCUT2D eigenvalue weighted by atomic mass is 10.2. The van der Waals surface area contributed by atoms with E-state index in [9.17, 15) is 8.42 Å². The van der Waals surface area contributed by atoms with Crippen LogP contribution in [0.1, 0.15) is 19.8 Å². The first-order valence-electron chi connectivity index (χ1n) is 4.88. The summed E-state index contributed by atoms with van der Waals surface area (Å²) >= 11 is 6.70. The molecule has 1 aromatic heterocycles.